The summed E-state index contributed by atoms with van der Waals surface area (Å²) in [6.45, 7) is 3.69. The van der Waals surface area contributed by atoms with Crippen molar-refractivity contribution in [3.05, 3.63) is 53.2 Å². The molecule has 1 fully saturated rings. The number of hydrogen-bond donors (Lipinski definition) is 1. The zero-order chi connectivity index (χ0) is 16.5. The second kappa shape index (κ2) is 6.20. The zero-order valence-electron chi connectivity index (χ0n) is 13.4. The van der Waals surface area contributed by atoms with Crippen LogP contribution in [-0.4, -0.2) is 35.0 Å². The van der Waals surface area contributed by atoms with Gasteiger partial charge < -0.3 is 10.2 Å². The molecule has 2 aromatic heterocycles. The molecule has 1 N–H and O–H groups in total. The Balaban J connectivity index is 1.44. The Morgan fingerprint density at radius 3 is 3.08 bits per heavy atom. The average molecular weight is 338 g/mol. The van der Waals surface area contributed by atoms with Crippen LogP contribution in [0.1, 0.15) is 21.8 Å². The van der Waals surface area contributed by atoms with Gasteiger partial charge in [-0.2, -0.15) is 0 Å². The summed E-state index contributed by atoms with van der Waals surface area (Å²) >= 11 is 1.62. The molecule has 5 nitrogen and oxygen atoms in total. The predicted octanol–water partition coefficient (Wildman–Crippen LogP) is 3.01. The van der Waals surface area contributed by atoms with Gasteiger partial charge in [0.2, 0.25) is 0 Å². The van der Waals surface area contributed by atoms with Gasteiger partial charge in [0.15, 0.2) is 0 Å². The summed E-state index contributed by atoms with van der Waals surface area (Å²) < 4.78 is 1.06. The van der Waals surface area contributed by atoms with E-state index in [-0.39, 0.29) is 11.9 Å². The molecule has 1 aliphatic rings. The summed E-state index contributed by atoms with van der Waals surface area (Å²) in [4.78, 5) is 23.6. The van der Waals surface area contributed by atoms with Crippen molar-refractivity contribution in [3.63, 3.8) is 0 Å². The second-order valence-corrected chi connectivity index (χ2v) is 7.24. The summed E-state index contributed by atoms with van der Waals surface area (Å²) in [6, 6.07) is 11.8. The van der Waals surface area contributed by atoms with Crippen LogP contribution in [-0.2, 0) is 0 Å². The van der Waals surface area contributed by atoms with E-state index in [1.54, 1.807) is 17.5 Å². The molecule has 0 saturated carbocycles. The van der Waals surface area contributed by atoms with Gasteiger partial charge in [-0.25, -0.2) is 9.97 Å². The Morgan fingerprint density at radius 1 is 1.33 bits per heavy atom. The van der Waals surface area contributed by atoms with Crippen LogP contribution < -0.4 is 10.2 Å². The van der Waals surface area contributed by atoms with E-state index in [0.29, 0.717) is 5.56 Å². The third-order valence-electron chi connectivity index (χ3n) is 4.25. The first-order valence-electron chi connectivity index (χ1n) is 8.03. The number of aryl methyl sites for hydroxylation is 1. The van der Waals surface area contributed by atoms with Crippen molar-refractivity contribution in [3.8, 4) is 0 Å². The quantitative estimate of drug-likeness (QED) is 0.797. The minimum atomic E-state index is -0.0178. The average Bonchev–Trinajstić information content (AvgIpc) is 3.20. The van der Waals surface area contributed by atoms with Crippen LogP contribution >= 0.6 is 11.3 Å². The van der Waals surface area contributed by atoms with E-state index in [9.17, 15) is 4.79 Å². The minimum Gasteiger partial charge on any atom is -0.354 e. The molecule has 122 valence electrons. The highest BCUT2D eigenvalue weighted by Crippen LogP contribution is 2.23. The van der Waals surface area contributed by atoms with Crippen molar-refractivity contribution in [2.75, 3.05) is 18.0 Å². The number of carbonyl (C=O) groups is 1. The predicted molar refractivity (Wildman–Crippen MR) is 96.7 cm³/mol. The van der Waals surface area contributed by atoms with E-state index < -0.39 is 0 Å². The molecular formula is C18H18N4OS. The fraction of sp³-hybridized carbons (Fsp3) is 0.278. The van der Waals surface area contributed by atoms with Gasteiger partial charge in [0.1, 0.15) is 5.82 Å². The molecule has 1 aliphatic heterocycles. The summed E-state index contributed by atoms with van der Waals surface area (Å²) in [5.74, 6) is 0.951. The smallest absolute Gasteiger partial charge is 0.251 e. The number of benzene rings is 1. The van der Waals surface area contributed by atoms with E-state index in [2.05, 4.69) is 20.2 Å². The molecule has 6 heteroatoms. The summed E-state index contributed by atoms with van der Waals surface area (Å²) in [5.41, 5.74) is 1.65. The number of carbonyl (C=O) groups excluding carboxylic acids is 1. The van der Waals surface area contributed by atoms with Crippen LogP contribution in [0.15, 0.2) is 42.6 Å². The van der Waals surface area contributed by atoms with Gasteiger partial charge in [-0.05, 0) is 43.7 Å². The Kier molecular flexibility index (Phi) is 3.90. The summed E-state index contributed by atoms with van der Waals surface area (Å²) in [5, 5.41) is 4.16. The number of rotatable bonds is 3. The lowest BCUT2D eigenvalue weighted by Gasteiger charge is -2.17. The van der Waals surface area contributed by atoms with E-state index >= 15 is 0 Å². The molecule has 0 aliphatic carbocycles. The Morgan fingerprint density at radius 2 is 2.25 bits per heavy atom. The molecule has 24 heavy (non-hydrogen) atoms. The molecule has 1 amide bonds. The van der Waals surface area contributed by atoms with Gasteiger partial charge in [-0.1, -0.05) is 6.07 Å². The number of pyridine rings is 1. The van der Waals surface area contributed by atoms with Crippen LogP contribution in [0.4, 0.5) is 5.82 Å². The van der Waals surface area contributed by atoms with Crippen LogP contribution in [0.3, 0.4) is 0 Å². The summed E-state index contributed by atoms with van der Waals surface area (Å²) in [7, 11) is 0. The Bertz CT molecular complexity index is 877. The molecule has 3 aromatic rings. The van der Waals surface area contributed by atoms with Gasteiger partial charge in [0.05, 0.1) is 15.2 Å². The van der Waals surface area contributed by atoms with Crippen molar-refractivity contribution in [1.29, 1.82) is 0 Å². The number of fused-ring (bicyclic) bond motifs is 1. The first-order valence-corrected chi connectivity index (χ1v) is 8.85. The fourth-order valence-corrected chi connectivity index (χ4v) is 3.94. The van der Waals surface area contributed by atoms with E-state index in [4.69, 9.17) is 0 Å². The number of anilines is 1. The highest BCUT2D eigenvalue weighted by molar-refractivity contribution is 7.18. The van der Waals surface area contributed by atoms with E-state index in [0.717, 1.165) is 40.6 Å². The first-order chi connectivity index (χ1) is 11.7. The standard InChI is InChI=1S/C18H18N4OS/c1-12-20-15-6-5-13(10-16(15)24-12)18(23)21-14-7-9-22(11-14)17-4-2-3-8-19-17/h2-6,8,10,14H,7,9,11H2,1H3,(H,21,23). The monoisotopic (exact) mass is 338 g/mol. The molecule has 0 spiro atoms. The number of thiazole rings is 1. The highest BCUT2D eigenvalue weighted by Gasteiger charge is 2.25. The third-order valence-corrected chi connectivity index (χ3v) is 5.19. The van der Waals surface area contributed by atoms with Crippen LogP contribution in [0.2, 0.25) is 0 Å². The number of nitrogens with one attached hydrogen (secondary N) is 1. The van der Waals surface area contributed by atoms with Crippen molar-refractivity contribution in [2.45, 2.75) is 19.4 Å². The first kappa shape index (κ1) is 15.1. The van der Waals surface area contributed by atoms with Crippen LogP contribution in [0, 0.1) is 6.92 Å². The van der Waals surface area contributed by atoms with Gasteiger partial charge >= 0.3 is 0 Å². The number of nitrogens with zero attached hydrogens (tertiary/aromatic N) is 3. The third kappa shape index (κ3) is 2.97. The molecule has 0 radical (unpaired) electrons. The number of aromatic nitrogens is 2. The Labute approximate surface area is 144 Å². The van der Waals surface area contributed by atoms with Crippen LogP contribution in [0.5, 0.6) is 0 Å². The molecule has 4 rings (SSSR count). The molecule has 1 saturated heterocycles. The SMILES string of the molecule is Cc1nc2ccc(C(=O)NC3CCN(c4ccccn4)C3)cc2s1. The van der Waals surface area contributed by atoms with Crippen molar-refractivity contribution in [2.24, 2.45) is 0 Å². The lowest BCUT2D eigenvalue weighted by molar-refractivity contribution is 0.0940. The van der Waals surface area contributed by atoms with E-state index in [1.807, 2.05) is 43.3 Å². The maximum absolute atomic E-state index is 12.5. The molecule has 1 unspecified atom stereocenters. The molecule has 1 atom stereocenters. The Hall–Kier alpha value is -2.47. The number of hydrogen-bond acceptors (Lipinski definition) is 5. The topological polar surface area (TPSA) is 58.1 Å². The van der Waals surface area contributed by atoms with Gasteiger partial charge in [0.25, 0.3) is 5.91 Å². The molecule has 1 aromatic carbocycles. The second-order valence-electron chi connectivity index (χ2n) is 6.01. The van der Waals surface area contributed by atoms with Gasteiger partial charge in [-0.15, -0.1) is 11.3 Å². The van der Waals surface area contributed by atoms with Crippen molar-refractivity contribution in [1.82, 2.24) is 15.3 Å². The van der Waals surface area contributed by atoms with Gasteiger partial charge in [0, 0.05) is 30.9 Å². The summed E-state index contributed by atoms with van der Waals surface area (Å²) in [6.07, 6.45) is 2.73. The normalized spacial score (nSPS) is 17.4. The minimum absolute atomic E-state index is 0.0178. The largest absolute Gasteiger partial charge is 0.354 e. The van der Waals surface area contributed by atoms with E-state index in [1.165, 1.54) is 0 Å². The maximum Gasteiger partial charge on any atom is 0.251 e. The van der Waals surface area contributed by atoms with Crippen LogP contribution in [0.25, 0.3) is 10.2 Å². The van der Waals surface area contributed by atoms with Crippen molar-refractivity contribution < 1.29 is 4.79 Å². The molecule has 3 heterocycles. The fourth-order valence-electron chi connectivity index (χ4n) is 3.08. The van der Waals surface area contributed by atoms with Crippen molar-refractivity contribution >= 4 is 33.3 Å². The highest BCUT2D eigenvalue weighted by atomic mass is 32.1. The maximum atomic E-state index is 12.5. The molecular weight excluding hydrogens is 320 g/mol. The zero-order valence-corrected chi connectivity index (χ0v) is 14.2. The lowest BCUT2D eigenvalue weighted by Crippen LogP contribution is -2.37. The molecule has 0 bridgehead atoms. The van der Waals surface area contributed by atoms with Gasteiger partial charge in [-0.3, -0.25) is 4.79 Å². The number of amides is 1. The lowest BCUT2D eigenvalue weighted by atomic mass is 10.2.